The quantitative estimate of drug-likeness (QED) is 0.642. The molecule has 0 fully saturated rings. The van der Waals surface area contributed by atoms with Crippen LogP contribution in [0.25, 0.3) is 0 Å². The van der Waals surface area contributed by atoms with Crippen molar-refractivity contribution in [2.24, 2.45) is 16.6 Å². The summed E-state index contributed by atoms with van der Waals surface area (Å²) in [6.45, 7) is 17.5. The molecular weight excluding hydrogens is 358 g/mol. The molecule has 2 aliphatic heterocycles. The Kier molecular flexibility index (Phi) is 13.6. The van der Waals surface area contributed by atoms with Crippen LogP contribution in [0.3, 0.4) is 0 Å². The second-order valence-electron chi connectivity index (χ2n) is 6.35. The minimum absolute atomic E-state index is 0.0515. The molecule has 158 valence electrons. The van der Waals surface area contributed by atoms with Crippen molar-refractivity contribution in [3.8, 4) is 0 Å². The van der Waals surface area contributed by atoms with Crippen molar-refractivity contribution in [3.05, 3.63) is 84.3 Å². The number of carbonyl (C=O) groups excluding carboxylic acids is 1. The van der Waals surface area contributed by atoms with Gasteiger partial charge < -0.3 is 10.6 Å². The van der Waals surface area contributed by atoms with Crippen LogP contribution in [-0.4, -0.2) is 30.1 Å². The minimum atomic E-state index is -0.0515. The van der Waals surface area contributed by atoms with Crippen molar-refractivity contribution in [2.45, 2.75) is 41.0 Å². The Bertz CT molecular complexity index is 733. The summed E-state index contributed by atoms with van der Waals surface area (Å²) < 4.78 is 0. The van der Waals surface area contributed by atoms with Crippen molar-refractivity contribution in [2.75, 3.05) is 13.1 Å². The summed E-state index contributed by atoms with van der Waals surface area (Å²) in [6.07, 6.45) is 17.9. The number of rotatable bonds is 3. The highest BCUT2D eigenvalue weighted by Crippen LogP contribution is 2.18. The van der Waals surface area contributed by atoms with Gasteiger partial charge in [0.15, 0.2) is 0 Å². The smallest absolute Gasteiger partial charge is 0.251 e. The highest BCUT2D eigenvalue weighted by atomic mass is 16.2. The Morgan fingerprint density at radius 3 is 2.66 bits per heavy atom. The highest BCUT2D eigenvalue weighted by Gasteiger charge is 2.16. The van der Waals surface area contributed by atoms with Crippen LogP contribution in [-0.2, 0) is 4.79 Å². The molecule has 0 saturated carbocycles. The number of nitrogens with two attached hydrogens (primary N) is 1. The van der Waals surface area contributed by atoms with Gasteiger partial charge in [0.05, 0.1) is 6.54 Å². The van der Waals surface area contributed by atoms with Crippen molar-refractivity contribution >= 4 is 12.1 Å². The van der Waals surface area contributed by atoms with E-state index in [9.17, 15) is 4.79 Å². The molecule has 2 N–H and O–H groups in total. The van der Waals surface area contributed by atoms with E-state index in [0.717, 1.165) is 17.7 Å². The monoisotopic (exact) mass is 395 g/mol. The number of amides is 1. The van der Waals surface area contributed by atoms with E-state index in [4.69, 9.17) is 5.73 Å². The first-order valence-electron chi connectivity index (χ1n) is 10.2. The number of carbonyl (C=O) groups is 1. The molecule has 29 heavy (non-hydrogen) atoms. The molecule has 1 atom stereocenters. The summed E-state index contributed by atoms with van der Waals surface area (Å²) in [4.78, 5) is 18.8. The van der Waals surface area contributed by atoms with Crippen LogP contribution in [0, 0.1) is 5.92 Å². The van der Waals surface area contributed by atoms with Gasteiger partial charge in [-0.25, -0.2) is 0 Å². The van der Waals surface area contributed by atoms with E-state index in [2.05, 4.69) is 44.1 Å². The third kappa shape index (κ3) is 9.24. The fourth-order valence-electron chi connectivity index (χ4n) is 2.68. The summed E-state index contributed by atoms with van der Waals surface area (Å²) >= 11 is 0. The van der Waals surface area contributed by atoms with Gasteiger partial charge in [0, 0.05) is 30.2 Å². The van der Waals surface area contributed by atoms with E-state index in [-0.39, 0.29) is 5.91 Å². The third-order valence-electron chi connectivity index (χ3n) is 4.30. The van der Waals surface area contributed by atoms with Gasteiger partial charge in [0.25, 0.3) is 5.91 Å². The van der Waals surface area contributed by atoms with Crippen molar-refractivity contribution in [3.63, 3.8) is 0 Å². The Labute approximate surface area is 177 Å². The minimum Gasteiger partial charge on any atom is -0.399 e. The van der Waals surface area contributed by atoms with Gasteiger partial charge in [-0.15, -0.1) is 13.2 Å². The van der Waals surface area contributed by atoms with E-state index in [1.165, 1.54) is 11.6 Å². The lowest BCUT2D eigenvalue weighted by Crippen LogP contribution is -2.30. The van der Waals surface area contributed by atoms with Gasteiger partial charge in [-0.05, 0) is 49.1 Å². The molecule has 0 aromatic rings. The van der Waals surface area contributed by atoms with E-state index >= 15 is 0 Å². The SMILES string of the molecule is C=C.CC.CC/C(=C\C=C1\CN=CC=CC1C)N1C/C(C)=C/C=C(N)\C=C\C1=O. The molecule has 0 aliphatic carbocycles. The van der Waals surface area contributed by atoms with Gasteiger partial charge in [-0.3, -0.25) is 9.79 Å². The second kappa shape index (κ2) is 15.1. The summed E-state index contributed by atoms with van der Waals surface area (Å²) in [5, 5.41) is 0. The number of aliphatic imine (C=N–C) groups is 1. The molecular formula is C25H37N3O. The summed E-state index contributed by atoms with van der Waals surface area (Å²) in [5.74, 6) is 0.290. The highest BCUT2D eigenvalue weighted by molar-refractivity contribution is 5.89. The zero-order valence-corrected chi connectivity index (χ0v) is 18.7. The predicted octanol–water partition coefficient (Wildman–Crippen LogP) is 5.50. The van der Waals surface area contributed by atoms with Crippen molar-refractivity contribution in [1.29, 1.82) is 0 Å². The Hall–Kier alpha value is -2.88. The summed E-state index contributed by atoms with van der Waals surface area (Å²) in [7, 11) is 0. The van der Waals surface area contributed by atoms with E-state index in [1.54, 1.807) is 6.08 Å². The van der Waals surface area contributed by atoms with E-state index in [0.29, 0.717) is 24.7 Å². The average Bonchev–Trinajstić information content (AvgIpc) is 2.93. The molecule has 0 bridgehead atoms. The molecule has 4 nitrogen and oxygen atoms in total. The predicted molar refractivity (Wildman–Crippen MR) is 128 cm³/mol. The Morgan fingerprint density at radius 2 is 2.00 bits per heavy atom. The van der Waals surface area contributed by atoms with Crippen LogP contribution in [0.15, 0.2) is 89.3 Å². The second-order valence-corrected chi connectivity index (χ2v) is 6.35. The first kappa shape index (κ1) is 26.1. The van der Waals surface area contributed by atoms with Gasteiger partial charge in [0.1, 0.15) is 0 Å². The number of nitrogens with zero attached hydrogens (tertiary/aromatic N) is 2. The third-order valence-corrected chi connectivity index (χ3v) is 4.30. The van der Waals surface area contributed by atoms with E-state index in [1.807, 2.05) is 56.2 Å². The zero-order chi connectivity index (χ0) is 22.2. The van der Waals surface area contributed by atoms with Crippen molar-refractivity contribution < 1.29 is 4.79 Å². The molecule has 0 aromatic heterocycles. The molecule has 4 heteroatoms. The molecule has 1 unspecified atom stereocenters. The molecule has 2 heterocycles. The normalized spacial score (nSPS) is 25.5. The van der Waals surface area contributed by atoms with Gasteiger partial charge in [-0.2, -0.15) is 0 Å². The summed E-state index contributed by atoms with van der Waals surface area (Å²) in [6, 6.07) is 0. The lowest BCUT2D eigenvalue weighted by molar-refractivity contribution is -0.124. The van der Waals surface area contributed by atoms with Gasteiger partial charge in [-0.1, -0.05) is 51.5 Å². The van der Waals surface area contributed by atoms with Crippen LogP contribution in [0.5, 0.6) is 0 Å². The average molecular weight is 396 g/mol. The van der Waals surface area contributed by atoms with Gasteiger partial charge in [0.2, 0.25) is 0 Å². The Balaban J connectivity index is 0.00000184. The maximum Gasteiger partial charge on any atom is 0.251 e. The van der Waals surface area contributed by atoms with Crippen LogP contribution >= 0.6 is 0 Å². The molecule has 0 radical (unpaired) electrons. The standard InChI is InChI=1S/C21H27N3O.C2H6.C2H4/c1-4-20(11-8-18-14-23-13-5-6-17(18)3)24-15-16(2)7-9-19(22)10-12-21(24)25;2*1-2/h5-13,17H,4,14-15,22H2,1-3H3;1-2H3;1-2H2/b12-10+,16-7+,18-8-,19-9+,20-11+;;. The maximum atomic E-state index is 12.6. The lowest BCUT2D eigenvalue weighted by Gasteiger charge is -2.24. The fourth-order valence-corrected chi connectivity index (χ4v) is 2.68. The largest absolute Gasteiger partial charge is 0.399 e. The topological polar surface area (TPSA) is 58.7 Å². The number of allylic oxidation sites excluding steroid dienone is 8. The van der Waals surface area contributed by atoms with Crippen LogP contribution < -0.4 is 5.73 Å². The first-order chi connectivity index (χ1) is 14.0. The fraction of sp³-hybridized carbons (Fsp3) is 0.360. The lowest BCUT2D eigenvalue weighted by atomic mass is 10.0. The molecule has 2 aliphatic rings. The van der Waals surface area contributed by atoms with Crippen molar-refractivity contribution in [1.82, 2.24) is 4.90 Å². The van der Waals surface area contributed by atoms with Crippen LogP contribution in [0.2, 0.25) is 0 Å². The molecule has 0 spiro atoms. The van der Waals surface area contributed by atoms with Crippen LogP contribution in [0.1, 0.15) is 41.0 Å². The van der Waals surface area contributed by atoms with Gasteiger partial charge >= 0.3 is 0 Å². The first-order valence-corrected chi connectivity index (χ1v) is 10.2. The molecule has 1 amide bonds. The van der Waals surface area contributed by atoms with Crippen LogP contribution in [0.4, 0.5) is 0 Å². The maximum absolute atomic E-state index is 12.6. The summed E-state index contributed by atoms with van der Waals surface area (Å²) in [5.41, 5.74) is 9.74. The molecule has 0 saturated heterocycles. The van der Waals surface area contributed by atoms with E-state index < -0.39 is 0 Å². The Morgan fingerprint density at radius 1 is 1.31 bits per heavy atom. The number of hydrogen-bond donors (Lipinski definition) is 1. The molecule has 0 aromatic carbocycles. The number of hydrogen-bond acceptors (Lipinski definition) is 3. The zero-order valence-electron chi connectivity index (χ0n) is 18.7. The molecule has 2 rings (SSSR count).